The van der Waals surface area contributed by atoms with Gasteiger partial charge in [0.05, 0.1) is 0 Å². The highest BCUT2D eigenvalue weighted by Gasteiger charge is 1.99. The molecule has 1 heterocycles. The van der Waals surface area contributed by atoms with Gasteiger partial charge in [-0.2, -0.15) is 0 Å². The molecule has 0 aliphatic carbocycles. The molecule has 2 N–H and O–H groups in total. The van der Waals surface area contributed by atoms with Gasteiger partial charge in [-0.3, -0.25) is 10.7 Å². The molecule has 0 fully saturated rings. The van der Waals surface area contributed by atoms with E-state index < -0.39 is 0 Å². The Labute approximate surface area is 81.1 Å². The van der Waals surface area contributed by atoms with Crippen LogP contribution in [0.4, 0.5) is 0 Å². The van der Waals surface area contributed by atoms with Gasteiger partial charge >= 0.3 is 0 Å². The summed E-state index contributed by atoms with van der Waals surface area (Å²) >= 11 is 0.321. The number of nitrogens with two attached hydrogens (primary N) is 1. The fourth-order valence-corrected chi connectivity index (χ4v) is 1.30. The molecule has 0 aromatic carbocycles. The number of aromatic nitrogens is 1. The minimum atomic E-state index is 0.305. The SMILES string of the molecule is CCCc1cc(C(N)=S=O)ccn1. The second-order valence-electron chi connectivity index (χ2n) is 2.73. The summed E-state index contributed by atoms with van der Waals surface area (Å²) in [6.45, 7) is 2.09. The molecule has 70 valence electrons. The van der Waals surface area contributed by atoms with E-state index in [1.165, 1.54) is 0 Å². The quantitative estimate of drug-likeness (QED) is 0.723. The molecule has 13 heavy (non-hydrogen) atoms. The zero-order chi connectivity index (χ0) is 9.68. The Balaban J connectivity index is 2.98. The molecule has 0 bridgehead atoms. The van der Waals surface area contributed by atoms with Gasteiger partial charge in [-0.15, -0.1) is 0 Å². The summed E-state index contributed by atoms with van der Waals surface area (Å²) in [6.07, 6.45) is 3.65. The first-order valence-electron chi connectivity index (χ1n) is 4.15. The Morgan fingerprint density at radius 2 is 2.46 bits per heavy atom. The molecular formula is C9H12N2OS. The first-order chi connectivity index (χ1) is 6.27. The molecule has 0 aliphatic heterocycles. The second kappa shape index (κ2) is 4.89. The third-order valence-corrected chi connectivity index (χ3v) is 2.11. The molecule has 1 aromatic rings. The smallest absolute Gasteiger partial charge is 0.114 e. The molecule has 4 heteroatoms. The summed E-state index contributed by atoms with van der Waals surface area (Å²) in [5.74, 6) is 0. The van der Waals surface area contributed by atoms with Crippen molar-refractivity contribution < 1.29 is 4.21 Å². The number of rotatable bonds is 3. The van der Waals surface area contributed by atoms with Gasteiger partial charge in [0.1, 0.15) is 16.2 Å². The Hall–Kier alpha value is -1.00. The van der Waals surface area contributed by atoms with Gasteiger partial charge in [-0.25, -0.2) is 4.21 Å². The molecule has 0 aliphatic rings. The monoisotopic (exact) mass is 196 g/mol. The average molecular weight is 196 g/mol. The van der Waals surface area contributed by atoms with Crippen molar-refractivity contribution in [3.8, 4) is 0 Å². The van der Waals surface area contributed by atoms with Crippen molar-refractivity contribution in [2.24, 2.45) is 5.73 Å². The van der Waals surface area contributed by atoms with E-state index in [-0.39, 0.29) is 0 Å². The molecule has 1 rings (SSSR count). The van der Waals surface area contributed by atoms with Gasteiger partial charge in [-0.1, -0.05) is 13.3 Å². The van der Waals surface area contributed by atoms with Crippen molar-refractivity contribution >= 4 is 16.2 Å². The lowest BCUT2D eigenvalue weighted by molar-refractivity contribution is 0.701. The number of hydrogen-bond donors (Lipinski definition) is 1. The van der Waals surface area contributed by atoms with Gasteiger partial charge in [-0.05, 0) is 18.6 Å². The molecule has 0 unspecified atom stereocenters. The minimum absolute atomic E-state index is 0.305. The van der Waals surface area contributed by atoms with Crippen LogP contribution in [0.1, 0.15) is 24.6 Å². The summed E-state index contributed by atoms with van der Waals surface area (Å²) in [5, 5.41) is 0. The van der Waals surface area contributed by atoms with E-state index in [0.717, 1.165) is 24.1 Å². The van der Waals surface area contributed by atoms with Crippen LogP contribution in [0.3, 0.4) is 0 Å². The number of hydrogen-bond acceptors (Lipinski definition) is 2. The van der Waals surface area contributed by atoms with Crippen molar-refractivity contribution in [1.29, 1.82) is 0 Å². The fraction of sp³-hybridized carbons (Fsp3) is 0.333. The number of nitrogens with zero attached hydrogens (tertiary/aromatic N) is 1. The van der Waals surface area contributed by atoms with Crippen LogP contribution in [0.15, 0.2) is 18.3 Å². The van der Waals surface area contributed by atoms with Crippen LogP contribution in [0.25, 0.3) is 0 Å². The highest BCUT2D eigenvalue weighted by molar-refractivity contribution is 7.66. The lowest BCUT2D eigenvalue weighted by atomic mass is 10.2. The van der Waals surface area contributed by atoms with Crippen molar-refractivity contribution in [2.45, 2.75) is 19.8 Å². The maximum absolute atomic E-state index is 10.4. The maximum Gasteiger partial charge on any atom is 0.114 e. The first-order valence-corrected chi connectivity index (χ1v) is 4.89. The molecular weight excluding hydrogens is 184 g/mol. The van der Waals surface area contributed by atoms with Crippen molar-refractivity contribution in [3.05, 3.63) is 29.6 Å². The summed E-state index contributed by atoms with van der Waals surface area (Å²) in [7, 11) is 0. The maximum atomic E-state index is 10.4. The van der Waals surface area contributed by atoms with Gasteiger partial charge in [0.15, 0.2) is 0 Å². The molecule has 0 saturated heterocycles. The van der Waals surface area contributed by atoms with Crippen LogP contribution >= 0.6 is 0 Å². The minimum Gasteiger partial charge on any atom is -0.291 e. The van der Waals surface area contributed by atoms with Crippen LogP contribution in [0.5, 0.6) is 0 Å². The van der Waals surface area contributed by atoms with Crippen LogP contribution in [-0.4, -0.2) is 14.2 Å². The van der Waals surface area contributed by atoms with Gasteiger partial charge in [0, 0.05) is 17.5 Å². The first kappa shape index (κ1) is 10.1. The second-order valence-corrected chi connectivity index (χ2v) is 3.34. The predicted molar refractivity (Wildman–Crippen MR) is 54.7 cm³/mol. The summed E-state index contributed by atoms with van der Waals surface area (Å²) in [4.78, 5) is 4.47. The largest absolute Gasteiger partial charge is 0.291 e. The molecule has 0 atom stereocenters. The van der Waals surface area contributed by atoms with E-state index in [2.05, 4.69) is 11.9 Å². The summed E-state index contributed by atoms with van der Waals surface area (Å²) < 4.78 is 10.4. The van der Waals surface area contributed by atoms with E-state index in [4.69, 9.17) is 5.73 Å². The van der Waals surface area contributed by atoms with Crippen LogP contribution in [0.2, 0.25) is 0 Å². The van der Waals surface area contributed by atoms with E-state index in [1.807, 2.05) is 6.07 Å². The summed E-state index contributed by atoms with van der Waals surface area (Å²) in [5.41, 5.74) is 7.26. The third-order valence-electron chi connectivity index (χ3n) is 1.70. The van der Waals surface area contributed by atoms with E-state index in [0.29, 0.717) is 16.2 Å². The number of aryl methyl sites for hydroxylation is 1. The highest BCUT2D eigenvalue weighted by atomic mass is 32.1. The Kier molecular flexibility index (Phi) is 3.79. The molecule has 1 aromatic heterocycles. The Morgan fingerprint density at radius 3 is 3.08 bits per heavy atom. The standard InChI is InChI=1S/C9H12N2OS/c1-2-3-8-6-7(4-5-11-8)9(10)13-12/h4-6H,2-3,10H2,1H3. The molecule has 0 radical (unpaired) electrons. The van der Waals surface area contributed by atoms with Crippen molar-refractivity contribution in [2.75, 3.05) is 0 Å². The Morgan fingerprint density at radius 1 is 1.69 bits per heavy atom. The fourth-order valence-electron chi connectivity index (χ4n) is 1.07. The average Bonchev–Trinajstić information content (AvgIpc) is 2.18. The van der Waals surface area contributed by atoms with E-state index >= 15 is 0 Å². The van der Waals surface area contributed by atoms with Crippen molar-refractivity contribution in [3.63, 3.8) is 0 Å². The van der Waals surface area contributed by atoms with E-state index in [1.54, 1.807) is 12.3 Å². The van der Waals surface area contributed by atoms with Crippen LogP contribution in [0, 0.1) is 0 Å². The number of pyridine rings is 1. The van der Waals surface area contributed by atoms with Crippen molar-refractivity contribution in [1.82, 2.24) is 4.98 Å². The molecule has 3 nitrogen and oxygen atoms in total. The van der Waals surface area contributed by atoms with Crippen LogP contribution in [-0.2, 0) is 17.7 Å². The lowest BCUT2D eigenvalue weighted by Gasteiger charge is -2.00. The van der Waals surface area contributed by atoms with Gasteiger partial charge < -0.3 is 0 Å². The summed E-state index contributed by atoms with van der Waals surface area (Å²) in [6, 6.07) is 3.61. The zero-order valence-corrected chi connectivity index (χ0v) is 8.30. The molecule has 0 saturated carbocycles. The third kappa shape index (κ3) is 2.75. The molecule has 0 amide bonds. The van der Waals surface area contributed by atoms with Gasteiger partial charge in [0.25, 0.3) is 0 Å². The normalized spacial score (nSPS) is 9.69. The topological polar surface area (TPSA) is 56.0 Å². The zero-order valence-electron chi connectivity index (χ0n) is 7.49. The van der Waals surface area contributed by atoms with E-state index in [9.17, 15) is 4.21 Å². The lowest BCUT2D eigenvalue weighted by Crippen LogP contribution is -2.13. The Bertz CT molecular complexity index is 345. The van der Waals surface area contributed by atoms with Gasteiger partial charge in [0.2, 0.25) is 0 Å². The predicted octanol–water partition coefficient (Wildman–Crippen LogP) is 0.684. The highest BCUT2D eigenvalue weighted by Crippen LogP contribution is 2.03. The molecule has 0 spiro atoms. The van der Waals surface area contributed by atoms with Crippen LogP contribution < -0.4 is 5.73 Å².